The number of benzene rings is 1. The number of anilines is 1. The second-order valence-corrected chi connectivity index (χ2v) is 4.43. The zero-order valence-corrected chi connectivity index (χ0v) is 10.4. The summed E-state index contributed by atoms with van der Waals surface area (Å²) in [5.74, 6) is 0.952. The molecular weight excluding hydrogens is 224 g/mol. The summed E-state index contributed by atoms with van der Waals surface area (Å²) in [4.78, 5) is 4.06. The van der Waals surface area contributed by atoms with Gasteiger partial charge in [0.15, 0.2) is 0 Å². The van der Waals surface area contributed by atoms with Crippen LogP contribution in [0.2, 0.25) is 0 Å². The third-order valence-corrected chi connectivity index (χ3v) is 3.25. The quantitative estimate of drug-likeness (QED) is 0.894. The van der Waals surface area contributed by atoms with Gasteiger partial charge in [0.25, 0.3) is 0 Å². The molecule has 1 aliphatic rings. The molecule has 1 aromatic carbocycles. The predicted molar refractivity (Wildman–Crippen MR) is 71.9 cm³/mol. The van der Waals surface area contributed by atoms with Gasteiger partial charge in [0, 0.05) is 18.1 Å². The first-order chi connectivity index (χ1) is 8.86. The Labute approximate surface area is 107 Å². The molecule has 0 aliphatic carbocycles. The van der Waals surface area contributed by atoms with Crippen LogP contribution >= 0.6 is 0 Å². The minimum absolute atomic E-state index is 0.347. The van der Waals surface area contributed by atoms with Crippen molar-refractivity contribution in [2.75, 3.05) is 11.9 Å². The smallest absolute Gasteiger partial charge is 0.119 e. The maximum Gasteiger partial charge on any atom is 0.119 e. The second-order valence-electron chi connectivity index (χ2n) is 4.43. The van der Waals surface area contributed by atoms with Crippen molar-refractivity contribution in [3.8, 4) is 5.75 Å². The van der Waals surface area contributed by atoms with Crippen molar-refractivity contribution in [2.24, 2.45) is 0 Å². The van der Waals surface area contributed by atoms with Crippen LogP contribution in [0.4, 0.5) is 5.69 Å². The summed E-state index contributed by atoms with van der Waals surface area (Å²) in [6.45, 7) is 2.71. The van der Waals surface area contributed by atoms with Gasteiger partial charge >= 0.3 is 0 Å². The van der Waals surface area contributed by atoms with E-state index in [1.807, 2.05) is 25.4 Å². The molecule has 1 unspecified atom stereocenters. The van der Waals surface area contributed by atoms with Gasteiger partial charge in [-0.2, -0.15) is 0 Å². The fourth-order valence-corrected chi connectivity index (χ4v) is 2.39. The third-order valence-electron chi connectivity index (χ3n) is 3.25. The maximum atomic E-state index is 5.53. The van der Waals surface area contributed by atoms with E-state index in [1.54, 1.807) is 0 Å². The van der Waals surface area contributed by atoms with Crippen molar-refractivity contribution in [3.63, 3.8) is 0 Å². The Bertz CT molecular complexity index is 539. The number of nitrogens with one attached hydrogen (secondary N) is 1. The van der Waals surface area contributed by atoms with Crippen LogP contribution in [0.5, 0.6) is 5.75 Å². The maximum absolute atomic E-state index is 5.53. The molecule has 0 amide bonds. The zero-order valence-electron chi connectivity index (χ0n) is 10.4. The zero-order chi connectivity index (χ0) is 12.4. The van der Waals surface area contributed by atoms with E-state index in [9.17, 15) is 0 Å². The van der Waals surface area contributed by atoms with Crippen LogP contribution < -0.4 is 10.1 Å². The molecule has 92 valence electrons. The number of rotatable bonds is 3. The van der Waals surface area contributed by atoms with Gasteiger partial charge in [0.05, 0.1) is 12.6 Å². The Morgan fingerprint density at radius 1 is 1.28 bits per heavy atom. The van der Waals surface area contributed by atoms with E-state index in [4.69, 9.17) is 4.74 Å². The van der Waals surface area contributed by atoms with Crippen molar-refractivity contribution in [2.45, 2.75) is 19.4 Å². The molecule has 3 rings (SSSR count). The Morgan fingerprint density at radius 3 is 2.89 bits per heavy atom. The van der Waals surface area contributed by atoms with Crippen LogP contribution in [-0.4, -0.2) is 11.6 Å². The SMILES string of the molecule is CCOc1ccc2c(c1)CC(c1ccncc1)N2. The number of fused-ring (bicyclic) bond motifs is 1. The van der Waals surface area contributed by atoms with Gasteiger partial charge in [-0.25, -0.2) is 0 Å². The third kappa shape index (κ3) is 2.04. The fraction of sp³-hybridized carbons (Fsp3) is 0.267. The largest absolute Gasteiger partial charge is 0.494 e. The van der Waals surface area contributed by atoms with Crippen LogP contribution in [0.25, 0.3) is 0 Å². The molecule has 1 atom stereocenters. The highest BCUT2D eigenvalue weighted by molar-refractivity contribution is 5.60. The molecule has 0 radical (unpaired) electrons. The molecule has 0 spiro atoms. The minimum atomic E-state index is 0.347. The molecule has 3 nitrogen and oxygen atoms in total. The predicted octanol–water partition coefficient (Wildman–Crippen LogP) is 3.19. The number of pyridine rings is 1. The van der Waals surface area contributed by atoms with Gasteiger partial charge in [-0.05, 0) is 54.8 Å². The number of ether oxygens (including phenoxy) is 1. The summed E-state index contributed by atoms with van der Waals surface area (Å²) in [7, 11) is 0. The minimum Gasteiger partial charge on any atom is -0.494 e. The van der Waals surface area contributed by atoms with E-state index < -0.39 is 0 Å². The number of aromatic nitrogens is 1. The summed E-state index contributed by atoms with van der Waals surface area (Å²) in [6, 6.07) is 10.7. The molecule has 1 aliphatic heterocycles. The highest BCUT2D eigenvalue weighted by Crippen LogP contribution is 2.35. The molecule has 3 heteroatoms. The first kappa shape index (κ1) is 11.1. The number of nitrogens with zero attached hydrogens (tertiary/aromatic N) is 1. The summed E-state index contributed by atoms with van der Waals surface area (Å²) in [5.41, 5.74) is 3.81. The van der Waals surface area contributed by atoms with Gasteiger partial charge in [0.2, 0.25) is 0 Å². The molecule has 2 heterocycles. The first-order valence-corrected chi connectivity index (χ1v) is 6.29. The van der Waals surface area contributed by atoms with Gasteiger partial charge in [0.1, 0.15) is 5.75 Å². The van der Waals surface area contributed by atoms with Gasteiger partial charge in [-0.3, -0.25) is 4.98 Å². The molecule has 0 saturated carbocycles. The average molecular weight is 240 g/mol. The van der Waals surface area contributed by atoms with Crippen LogP contribution in [-0.2, 0) is 6.42 Å². The average Bonchev–Trinajstić information content (AvgIpc) is 2.83. The lowest BCUT2D eigenvalue weighted by Gasteiger charge is -2.10. The van der Waals surface area contributed by atoms with Crippen molar-refractivity contribution in [1.82, 2.24) is 4.98 Å². The topological polar surface area (TPSA) is 34.1 Å². The van der Waals surface area contributed by atoms with E-state index in [0.29, 0.717) is 12.6 Å². The Hall–Kier alpha value is -2.03. The summed E-state index contributed by atoms with van der Waals surface area (Å²) in [5, 5.41) is 3.54. The van der Waals surface area contributed by atoms with Crippen LogP contribution in [0.3, 0.4) is 0 Å². The fourth-order valence-electron chi connectivity index (χ4n) is 2.39. The molecule has 2 aromatic rings. The van der Waals surface area contributed by atoms with Gasteiger partial charge < -0.3 is 10.1 Å². The summed E-state index contributed by atoms with van der Waals surface area (Å²) in [6.07, 6.45) is 4.68. The van der Waals surface area contributed by atoms with E-state index in [0.717, 1.165) is 12.2 Å². The Balaban J connectivity index is 1.83. The normalized spacial score (nSPS) is 17.1. The van der Waals surface area contributed by atoms with Gasteiger partial charge in [-0.15, -0.1) is 0 Å². The van der Waals surface area contributed by atoms with E-state index >= 15 is 0 Å². The first-order valence-electron chi connectivity index (χ1n) is 6.29. The van der Waals surface area contributed by atoms with Crippen molar-refractivity contribution >= 4 is 5.69 Å². The molecule has 1 aromatic heterocycles. The summed E-state index contributed by atoms with van der Waals surface area (Å²) < 4.78 is 5.53. The lowest BCUT2D eigenvalue weighted by atomic mass is 10.0. The number of hydrogen-bond donors (Lipinski definition) is 1. The molecule has 0 bridgehead atoms. The van der Waals surface area contributed by atoms with Crippen molar-refractivity contribution < 1.29 is 4.74 Å². The molecule has 1 N–H and O–H groups in total. The second kappa shape index (κ2) is 4.69. The van der Waals surface area contributed by atoms with E-state index in [1.165, 1.54) is 16.8 Å². The molecule has 0 fully saturated rings. The highest BCUT2D eigenvalue weighted by Gasteiger charge is 2.22. The van der Waals surface area contributed by atoms with Crippen molar-refractivity contribution in [3.05, 3.63) is 53.9 Å². The van der Waals surface area contributed by atoms with Crippen LogP contribution in [0.1, 0.15) is 24.1 Å². The molecule has 18 heavy (non-hydrogen) atoms. The van der Waals surface area contributed by atoms with E-state index in [2.05, 4.69) is 34.6 Å². The monoisotopic (exact) mass is 240 g/mol. The van der Waals surface area contributed by atoms with Crippen LogP contribution in [0, 0.1) is 0 Å². The molecule has 0 saturated heterocycles. The lowest BCUT2D eigenvalue weighted by molar-refractivity contribution is 0.340. The van der Waals surface area contributed by atoms with Crippen LogP contribution in [0.15, 0.2) is 42.7 Å². The molecular formula is C15H16N2O. The van der Waals surface area contributed by atoms with E-state index in [-0.39, 0.29) is 0 Å². The summed E-state index contributed by atoms with van der Waals surface area (Å²) >= 11 is 0. The highest BCUT2D eigenvalue weighted by atomic mass is 16.5. The Morgan fingerprint density at radius 2 is 2.11 bits per heavy atom. The van der Waals surface area contributed by atoms with Crippen molar-refractivity contribution in [1.29, 1.82) is 0 Å². The Kier molecular flexibility index (Phi) is 2.89. The standard InChI is InChI=1S/C15H16N2O/c1-2-18-13-3-4-14-12(9-13)10-15(17-14)11-5-7-16-8-6-11/h3-9,15,17H,2,10H2,1H3. The lowest BCUT2D eigenvalue weighted by Crippen LogP contribution is -2.05. The number of hydrogen-bond acceptors (Lipinski definition) is 3. The van der Waals surface area contributed by atoms with Gasteiger partial charge in [-0.1, -0.05) is 0 Å².